The Balaban J connectivity index is 1.47. The third-order valence-corrected chi connectivity index (χ3v) is 6.84. The molecule has 176 valence electrons. The summed E-state index contributed by atoms with van der Waals surface area (Å²) in [6.07, 6.45) is 1.67. The highest BCUT2D eigenvalue weighted by Gasteiger charge is 2.34. The monoisotopic (exact) mass is 479 g/mol. The lowest BCUT2D eigenvalue weighted by Gasteiger charge is -2.30. The number of Topliss-reactive ketones (excluding diaryl/α,β-unsaturated/α-hetero) is 1. The van der Waals surface area contributed by atoms with Crippen molar-refractivity contribution in [3.63, 3.8) is 0 Å². The third kappa shape index (κ3) is 3.78. The van der Waals surface area contributed by atoms with Crippen LogP contribution >= 0.6 is 11.3 Å². The predicted molar refractivity (Wildman–Crippen MR) is 129 cm³/mol. The molecule has 3 aromatic rings. The molecule has 34 heavy (non-hydrogen) atoms. The maximum absolute atomic E-state index is 13.3. The lowest BCUT2D eigenvalue weighted by Crippen LogP contribution is -2.31. The van der Waals surface area contributed by atoms with Crippen molar-refractivity contribution in [1.29, 1.82) is 0 Å². The van der Waals surface area contributed by atoms with E-state index in [1.165, 1.54) is 4.88 Å². The first kappa shape index (κ1) is 22.3. The molecule has 0 bridgehead atoms. The molecule has 0 amide bonds. The Bertz CT molecular complexity index is 1280. The average molecular weight is 480 g/mol. The van der Waals surface area contributed by atoms with Crippen LogP contribution in [-0.4, -0.2) is 38.7 Å². The van der Waals surface area contributed by atoms with Gasteiger partial charge in [-0.3, -0.25) is 9.69 Å². The van der Waals surface area contributed by atoms with Crippen LogP contribution in [0.3, 0.4) is 0 Å². The summed E-state index contributed by atoms with van der Waals surface area (Å²) in [7, 11) is 4.65. The van der Waals surface area contributed by atoms with E-state index in [-0.39, 0.29) is 11.5 Å². The van der Waals surface area contributed by atoms with Crippen molar-refractivity contribution in [2.75, 3.05) is 28.1 Å². The molecule has 8 heteroatoms. The molecule has 5 rings (SSSR count). The molecule has 0 spiro atoms. The summed E-state index contributed by atoms with van der Waals surface area (Å²) in [5.74, 6) is 2.84. The van der Waals surface area contributed by atoms with Crippen LogP contribution in [0.15, 0.2) is 41.5 Å². The smallest absolute Gasteiger partial charge is 0.231 e. The van der Waals surface area contributed by atoms with Gasteiger partial charge in [-0.1, -0.05) is 6.07 Å². The van der Waals surface area contributed by atoms with E-state index in [9.17, 15) is 4.79 Å². The zero-order valence-corrected chi connectivity index (χ0v) is 20.3. The Labute approximate surface area is 202 Å². The minimum atomic E-state index is -0.173. The third-order valence-electron chi connectivity index (χ3n) is 5.98. The summed E-state index contributed by atoms with van der Waals surface area (Å²) in [6, 6.07) is 9.63. The maximum Gasteiger partial charge on any atom is 0.231 e. The molecule has 0 aliphatic carbocycles. The number of allylic oxidation sites excluding steroid dienone is 1. The standard InChI is InChI=1S/C26H25NO6S/c1-15-23-17(12-27(14-32-23)13-18-6-5-9-34-18)10-19-22(28)21(33-24(15)19)11-16-7-8-20(29-2)26(31-4)25(16)30-3/h5-11H,12-14H2,1-4H3/b21-11-. The van der Waals surface area contributed by atoms with Crippen LogP contribution in [0, 0.1) is 6.92 Å². The summed E-state index contributed by atoms with van der Waals surface area (Å²) in [5, 5.41) is 2.07. The lowest BCUT2D eigenvalue weighted by molar-refractivity contribution is 0.0886. The van der Waals surface area contributed by atoms with E-state index in [0.717, 1.165) is 23.4 Å². The fourth-order valence-corrected chi connectivity index (χ4v) is 5.15. The van der Waals surface area contributed by atoms with Gasteiger partial charge in [0.15, 0.2) is 17.3 Å². The van der Waals surface area contributed by atoms with E-state index in [2.05, 4.69) is 16.3 Å². The SMILES string of the molecule is COc1ccc(/C=C2\Oc3c(cc4c(c3C)OCN(Cc3cccs3)C4)C2=O)c(OC)c1OC. The highest BCUT2D eigenvalue weighted by Crippen LogP contribution is 2.45. The predicted octanol–water partition coefficient (Wildman–Crippen LogP) is 5.05. The Hall–Kier alpha value is -3.49. The number of nitrogens with zero attached hydrogens (tertiary/aromatic N) is 1. The second kappa shape index (κ2) is 9.04. The van der Waals surface area contributed by atoms with Gasteiger partial charge in [-0.2, -0.15) is 0 Å². The molecule has 1 aromatic heterocycles. The fraction of sp³-hybridized carbons (Fsp3) is 0.269. The van der Waals surface area contributed by atoms with Crippen molar-refractivity contribution in [3.8, 4) is 28.7 Å². The van der Waals surface area contributed by atoms with Crippen LogP contribution < -0.4 is 23.7 Å². The zero-order chi connectivity index (χ0) is 23.8. The number of benzene rings is 2. The first-order valence-corrected chi connectivity index (χ1v) is 11.7. The van der Waals surface area contributed by atoms with Gasteiger partial charge >= 0.3 is 0 Å². The van der Waals surface area contributed by atoms with Crippen LogP contribution in [0.25, 0.3) is 6.08 Å². The normalized spacial score (nSPS) is 16.0. The molecular weight excluding hydrogens is 454 g/mol. The van der Waals surface area contributed by atoms with Crippen molar-refractivity contribution in [2.24, 2.45) is 0 Å². The van der Waals surface area contributed by atoms with Gasteiger partial charge < -0.3 is 23.7 Å². The van der Waals surface area contributed by atoms with Crippen molar-refractivity contribution in [1.82, 2.24) is 4.90 Å². The van der Waals surface area contributed by atoms with Gasteiger partial charge in [0.05, 0.1) is 26.9 Å². The number of rotatable bonds is 6. The quantitative estimate of drug-likeness (QED) is 0.458. The number of hydrogen-bond acceptors (Lipinski definition) is 8. The minimum Gasteiger partial charge on any atom is -0.493 e. The molecule has 7 nitrogen and oxygen atoms in total. The van der Waals surface area contributed by atoms with Crippen LogP contribution in [0.5, 0.6) is 28.7 Å². The Kier molecular flexibility index (Phi) is 5.93. The zero-order valence-electron chi connectivity index (χ0n) is 19.5. The number of hydrogen-bond donors (Lipinski definition) is 0. The van der Waals surface area contributed by atoms with Crippen LogP contribution in [0.2, 0.25) is 0 Å². The van der Waals surface area contributed by atoms with Gasteiger partial charge in [0.2, 0.25) is 11.5 Å². The largest absolute Gasteiger partial charge is 0.493 e. The summed E-state index contributed by atoms with van der Waals surface area (Å²) >= 11 is 1.72. The molecule has 0 unspecified atom stereocenters. The number of carbonyl (C=O) groups excluding carboxylic acids is 1. The summed E-state index contributed by atoms with van der Waals surface area (Å²) < 4.78 is 28.5. The molecule has 2 aliphatic heterocycles. The Morgan fingerprint density at radius 1 is 1.09 bits per heavy atom. The Morgan fingerprint density at radius 2 is 1.91 bits per heavy atom. The number of ether oxygens (including phenoxy) is 5. The van der Waals surface area contributed by atoms with E-state index in [1.807, 2.05) is 19.1 Å². The van der Waals surface area contributed by atoms with E-state index in [1.54, 1.807) is 50.9 Å². The van der Waals surface area contributed by atoms with Gasteiger partial charge in [-0.25, -0.2) is 0 Å². The molecule has 0 radical (unpaired) electrons. The first-order chi connectivity index (χ1) is 16.5. The summed E-state index contributed by atoms with van der Waals surface area (Å²) in [5.41, 5.74) is 3.01. The average Bonchev–Trinajstić information content (AvgIpc) is 3.47. The topological polar surface area (TPSA) is 66.5 Å². The van der Waals surface area contributed by atoms with Gasteiger partial charge in [0.25, 0.3) is 0 Å². The van der Waals surface area contributed by atoms with Gasteiger partial charge in [0, 0.05) is 34.7 Å². The van der Waals surface area contributed by atoms with Crippen molar-refractivity contribution < 1.29 is 28.5 Å². The molecule has 0 saturated heterocycles. The molecule has 0 atom stereocenters. The van der Waals surface area contributed by atoms with Crippen LogP contribution in [0.1, 0.15) is 31.9 Å². The highest BCUT2D eigenvalue weighted by molar-refractivity contribution is 7.09. The van der Waals surface area contributed by atoms with Crippen LogP contribution in [0.4, 0.5) is 0 Å². The highest BCUT2D eigenvalue weighted by atomic mass is 32.1. The number of fused-ring (bicyclic) bond motifs is 2. The van der Waals surface area contributed by atoms with E-state index in [0.29, 0.717) is 47.4 Å². The molecule has 3 heterocycles. The molecule has 2 aromatic carbocycles. The van der Waals surface area contributed by atoms with Gasteiger partial charge in [0.1, 0.15) is 18.2 Å². The lowest BCUT2D eigenvalue weighted by atomic mass is 10.00. The second-order valence-electron chi connectivity index (χ2n) is 8.07. The Morgan fingerprint density at radius 3 is 2.62 bits per heavy atom. The number of thiophene rings is 1. The van der Waals surface area contributed by atoms with E-state index >= 15 is 0 Å². The molecular formula is C26H25NO6S. The van der Waals surface area contributed by atoms with E-state index < -0.39 is 0 Å². The maximum atomic E-state index is 13.3. The van der Waals surface area contributed by atoms with E-state index in [4.69, 9.17) is 23.7 Å². The second-order valence-corrected chi connectivity index (χ2v) is 9.10. The van der Waals surface area contributed by atoms with Crippen molar-refractivity contribution in [3.05, 3.63) is 68.6 Å². The van der Waals surface area contributed by atoms with Gasteiger partial charge in [-0.15, -0.1) is 11.3 Å². The summed E-state index contributed by atoms with van der Waals surface area (Å²) in [6.45, 7) is 3.93. The molecule has 0 fully saturated rings. The first-order valence-electron chi connectivity index (χ1n) is 10.8. The molecule has 2 aliphatic rings. The summed E-state index contributed by atoms with van der Waals surface area (Å²) in [4.78, 5) is 16.8. The van der Waals surface area contributed by atoms with Crippen LogP contribution in [-0.2, 0) is 13.1 Å². The number of carbonyl (C=O) groups is 1. The van der Waals surface area contributed by atoms with Crippen molar-refractivity contribution in [2.45, 2.75) is 20.0 Å². The number of methoxy groups -OCH3 is 3. The molecule has 0 N–H and O–H groups in total. The van der Waals surface area contributed by atoms with Crippen molar-refractivity contribution >= 4 is 23.2 Å². The number of ketones is 1. The van der Waals surface area contributed by atoms with Gasteiger partial charge in [-0.05, 0) is 42.6 Å². The minimum absolute atomic E-state index is 0.173. The molecule has 0 saturated carbocycles. The fourth-order valence-electron chi connectivity index (χ4n) is 4.40.